The van der Waals surface area contributed by atoms with Gasteiger partial charge in [-0.25, -0.2) is 14.3 Å². The monoisotopic (exact) mass is 533 g/mol. The highest BCUT2D eigenvalue weighted by Gasteiger charge is 2.29. The first-order valence-electron chi connectivity index (χ1n) is 12.7. The van der Waals surface area contributed by atoms with Gasteiger partial charge in [-0.2, -0.15) is 5.10 Å². The second-order valence-corrected chi connectivity index (χ2v) is 10.1. The summed E-state index contributed by atoms with van der Waals surface area (Å²) < 4.78 is 19.4. The van der Waals surface area contributed by atoms with Gasteiger partial charge in [0.1, 0.15) is 18.8 Å². The number of benzene rings is 2. The highest BCUT2D eigenvalue weighted by molar-refractivity contribution is 5.94. The van der Waals surface area contributed by atoms with Gasteiger partial charge in [0.2, 0.25) is 0 Å². The Kier molecular flexibility index (Phi) is 7.11. The van der Waals surface area contributed by atoms with E-state index < -0.39 is 23.9 Å². The molecule has 1 aliphatic rings. The number of esters is 2. The molecule has 2 aromatic carbocycles. The minimum absolute atomic E-state index is 0.0761. The van der Waals surface area contributed by atoms with Crippen LogP contribution in [0.25, 0.3) is 16.8 Å². The number of nitrogens with zero attached hydrogens (tertiary/aromatic N) is 3. The fourth-order valence-corrected chi connectivity index (χ4v) is 4.62. The molecule has 0 fully saturated rings. The van der Waals surface area contributed by atoms with E-state index in [-0.39, 0.29) is 18.5 Å². The van der Waals surface area contributed by atoms with E-state index in [1.165, 1.54) is 4.57 Å². The predicted octanol–water partition coefficient (Wildman–Crippen LogP) is 2.65. The third-order valence-corrected chi connectivity index (χ3v) is 7.14. The van der Waals surface area contributed by atoms with Gasteiger partial charge in [-0.05, 0) is 48.2 Å². The summed E-state index contributed by atoms with van der Waals surface area (Å²) in [6.45, 7) is 6.61. The summed E-state index contributed by atoms with van der Waals surface area (Å²) in [5, 5.41) is 7.80. The summed E-state index contributed by atoms with van der Waals surface area (Å²) in [7, 11) is 1.65. The topological polar surface area (TPSA) is 144 Å². The van der Waals surface area contributed by atoms with Crippen molar-refractivity contribution in [3.63, 3.8) is 0 Å². The number of rotatable bonds is 9. The number of carbonyl (C=O) groups is 2. The fourth-order valence-electron chi connectivity index (χ4n) is 4.62. The quantitative estimate of drug-likeness (QED) is 0.310. The molecule has 3 heterocycles. The smallest absolute Gasteiger partial charge is 0.419 e. The van der Waals surface area contributed by atoms with Crippen LogP contribution in [0.1, 0.15) is 52.6 Å². The summed E-state index contributed by atoms with van der Waals surface area (Å²) in [5.41, 5.74) is 11.9. The standard InChI is InChI=1S/C28H31N5O6/c1-15(2)25(29)27(35)38-24(19-6-7-20-21(16(19)3)14-37-26(20)34)12-30-10-17-11-31-33(13-17)18-5-8-23-22(9-18)32(4)28(36)39-23/h5-9,11,13,15,24-25,30H,10,12,14,29H2,1-4H3/t24-,25+/m0/s1. The van der Waals surface area contributed by atoms with Crippen LogP contribution in [0.15, 0.2) is 51.9 Å². The molecule has 2 aromatic heterocycles. The molecule has 0 amide bonds. The first kappa shape index (κ1) is 26.4. The zero-order chi connectivity index (χ0) is 27.8. The van der Waals surface area contributed by atoms with Crippen molar-refractivity contribution < 1.29 is 23.5 Å². The molecule has 2 atom stereocenters. The van der Waals surface area contributed by atoms with Crippen LogP contribution in [-0.2, 0) is 34.5 Å². The lowest BCUT2D eigenvalue weighted by Gasteiger charge is -2.24. The van der Waals surface area contributed by atoms with Crippen molar-refractivity contribution >= 4 is 23.0 Å². The van der Waals surface area contributed by atoms with Crippen molar-refractivity contribution in [2.24, 2.45) is 18.7 Å². The Hall–Kier alpha value is -4.22. The number of oxazole rings is 1. The number of fused-ring (bicyclic) bond motifs is 2. The van der Waals surface area contributed by atoms with Gasteiger partial charge in [0, 0.05) is 37.5 Å². The number of nitrogens with two attached hydrogens (primary N) is 1. The van der Waals surface area contributed by atoms with E-state index in [2.05, 4.69) is 10.4 Å². The molecule has 0 saturated heterocycles. The first-order chi connectivity index (χ1) is 18.6. The molecule has 1 aliphatic heterocycles. The molecule has 0 bridgehead atoms. The second kappa shape index (κ2) is 10.5. The lowest BCUT2D eigenvalue weighted by molar-refractivity contribution is -0.152. The number of ether oxygens (including phenoxy) is 2. The van der Waals surface area contributed by atoms with Crippen LogP contribution >= 0.6 is 0 Å². The van der Waals surface area contributed by atoms with Crippen molar-refractivity contribution in [2.45, 2.75) is 46.1 Å². The molecular formula is C28H31N5O6. The summed E-state index contributed by atoms with van der Waals surface area (Å²) in [6.07, 6.45) is 3.00. The normalized spacial score (nSPS) is 14.5. The molecule has 39 heavy (non-hydrogen) atoms. The van der Waals surface area contributed by atoms with E-state index in [1.807, 2.05) is 39.1 Å². The SMILES string of the molecule is Cc1c([C@H](CNCc2cnn(-c3ccc4oc(=O)n(C)c4c3)c2)OC(=O)[C@H](N)C(C)C)ccc2c1COC2=O. The zero-order valence-electron chi connectivity index (χ0n) is 22.3. The van der Waals surface area contributed by atoms with Crippen molar-refractivity contribution in [3.8, 4) is 5.69 Å². The Balaban J connectivity index is 1.32. The highest BCUT2D eigenvalue weighted by Crippen LogP contribution is 2.31. The fraction of sp³-hybridized carbons (Fsp3) is 0.357. The van der Waals surface area contributed by atoms with E-state index in [0.29, 0.717) is 29.8 Å². The van der Waals surface area contributed by atoms with Crippen molar-refractivity contribution in [2.75, 3.05) is 6.54 Å². The first-order valence-corrected chi connectivity index (χ1v) is 12.7. The molecule has 11 heteroatoms. The van der Waals surface area contributed by atoms with Crippen molar-refractivity contribution in [1.82, 2.24) is 19.7 Å². The molecule has 0 saturated carbocycles. The van der Waals surface area contributed by atoms with E-state index in [9.17, 15) is 14.4 Å². The van der Waals surface area contributed by atoms with Crippen LogP contribution in [0.5, 0.6) is 0 Å². The van der Waals surface area contributed by atoms with Crippen LogP contribution in [0.2, 0.25) is 0 Å². The maximum absolute atomic E-state index is 12.8. The summed E-state index contributed by atoms with van der Waals surface area (Å²) in [5.74, 6) is -1.33. The Morgan fingerprint density at radius 2 is 2.03 bits per heavy atom. The van der Waals surface area contributed by atoms with Gasteiger partial charge >= 0.3 is 17.7 Å². The zero-order valence-corrected chi connectivity index (χ0v) is 22.3. The van der Waals surface area contributed by atoms with Gasteiger partial charge in [0.25, 0.3) is 0 Å². The Labute approximate surface area is 224 Å². The predicted molar refractivity (Wildman–Crippen MR) is 142 cm³/mol. The number of hydrogen-bond donors (Lipinski definition) is 2. The number of carbonyl (C=O) groups excluding carboxylic acids is 2. The van der Waals surface area contributed by atoms with E-state index >= 15 is 0 Å². The van der Waals surface area contributed by atoms with Crippen LogP contribution in [-0.4, -0.2) is 38.9 Å². The van der Waals surface area contributed by atoms with Gasteiger partial charge in [-0.1, -0.05) is 19.9 Å². The third-order valence-electron chi connectivity index (χ3n) is 7.14. The minimum atomic E-state index is -0.752. The molecule has 11 nitrogen and oxygen atoms in total. The highest BCUT2D eigenvalue weighted by atomic mass is 16.5. The minimum Gasteiger partial charge on any atom is -0.457 e. The largest absolute Gasteiger partial charge is 0.457 e. The third kappa shape index (κ3) is 5.10. The average Bonchev–Trinajstić information content (AvgIpc) is 3.61. The lowest BCUT2D eigenvalue weighted by Crippen LogP contribution is -2.39. The van der Waals surface area contributed by atoms with Gasteiger partial charge in [0.05, 0.1) is 23.0 Å². The molecule has 5 rings (SSSR count). The molecular weight excluding hydrogens is 502 g/mol. The number of aromatic nitrogens is 3. The molecule has 204 valence electrons. The van der Waals surface area contributed by atoms with Crippen molar-refractivity contribution in [1.29, 1.82) is 0 Å². The van der Waals surface area contributed by atoms with Gasteiger partial charge in [0.15, 0.2) is 5.58 Å². The molecule has 0 unspecified atom stereocenters. The molecule has 0 spiro atoms. The molecule has 3 N–H and O–H groups in total. The van der Waals surface area contributed by atoms with Crippen LogP contribution in [0.3, 0.4) is 0 Å². The van der Waals surface area contributed by atoms with E-state index in [4.69, 9.17) is 19.6 Å². The van der Waals surface area contributed by atoms with Crippen LogP contribution in [0.4, 0.5) is 0 Å². The molecule has 0 aliphatic carbocycles. The van der Waals surface area contributed by atoms with E-state index in [0.717, 1.165) is 27.9 Å². The number of cyclic esters (lactones) is 1. The van der Waals surface area contributed by atoms with Gasteiger partial charge in [-0.3, -0.25) is 9.36 Å². The Morgan fingerprint density at radius 1 is 1.23 bits per heavy atom. The second-order valence-electron chi connectivity index (χ2n) is 10.1. The Morgan fingerprint density at radius 3 is 2.79 bits per heavy atom. The average molecular weight is 534 g/mol. The van der Waals surface area contributed by atoms with Crippen molar-refractivity contribution in [3.05, 3.63) is 81.1 Å². The Bertz CT molecular complexity index is 1610. The number of nitrogens with one attached hydrogen (secondary N) is 1. The lowest BCUT2D eigenvalue weighted by atomic mass is 9.95. The van der Waals surface area contributed by atoms with E-state index in [1.54, 1.807) is 36.1 Å². The van der Waals surface area contributed by atoms with Crippen LogP contribution < -0.4 is 16.8 Å². The van der Waals surface area contributed by atoms with Crippen LogP contribution in [0, 0.1) is 12.8 Å². The van der Waals surface area contributed by atoms with Gasteiger partial charge in [-0.15, -0.1) is 0 Å². The summed E-state index contributed by atoms with van der Waals surface area (Å²) in [4.78, 5) is 36.6. The number of aryl methyl sites for hydroxylation is 1. The maximum atomic E-state index is 12.8. The summed E-state index contributed by atoms with van der Waals surface area (Å²) in [6, 6.07) is 8.17. The summed E-state index contributed by atoms with van der Waals surface area (Å²) >= 11 is 0. The number of hydrogen-bond acceptors (Lipinski definition) is 9. The van der Waals surface area contributed by atoms with Gasteiger partial charge < -0.3 is 24.9 Å². The maximum Gasteiger partial charge on any atom is 0.419 e. The molecule has 4 aromatic rings. The molecule has 0 radical (unpaired) electrons.